The molecule has 0 aliphatic carbocycles. The van der Waals surface area contributed by atoms with Crippen molar-refractivity contribution in [3.05, 3.63) is 35.6 Å². The SMILES string of the molecule is COC(=O)C1CN(Cc2cccc(F)c2)CC1C. The number of likely N-dealkylation sites (tertiary alicyclic amines) is 1. The molecule has 1 aliphatic heterocycles. The van der Waals surface area contributed by atoms with Crippen LogP contribution in [0.2, 0.25) is 0 Å². The zero-order chi connectivity index (χ0) is 13.1. The predicted molar refractivity (Wildman–Crippen MR) is 66.3 cm³/mol. The number of benzene rings is 1. The van der Waals surface area contributed by atoms with E-state index in [1.54, 1.807) is 6.07 Å². The second kappa shape index (κ2) is 5.48. The molecule has 0 bridgehead atoms. The summed E-state index contributed by atoms with van der Waals surface area (Å²) in [4.78, 5) is 13.7. The van der Waals surface area contributed by atoms with Gasteiger partial charge < -0.3 is 4.74 Å². The quantitative estimate of drug-likeness (QED) is 0.770. The first-order chi connectivity index (χ1) is 8.60. The third kappa shape index (κ3) is 2.88. The fourth-order valence-electron chi connectivity index (χ4n) is 2.55. The second-order valence-electron chi connectivity index (χ2n) is 4.93. The topological polar surface area (TPSA) is 29.5 Å². The number of esters is 1. The average Bonchev–Trinajstić information content (AvgIpc) is 2.69. The van der Waals surface area contributed by atoms with Crippen LogP contribution >= 0.6 is 0 Å². The number of carbonyl (C=O) groups is 1. The van der Waals surface area contributed by atoms with Crippen molar-refractivity contribution in [3.8, 4) is 0 Å². The Labute approximate surface area is 107 Å². The predicted octanol–water partition coefficient (Wildman–Crippen LogP) is 2.07. The van der Waals surface area contributed by atoms with E-state index in [0.717, 1.165) is 12.1 Å². The summed E-state index contributed by atoms with van der Waals surface area (Å²) in [6.07, 6.45) is 0. The van der Waals surface area contributed by atoms with E-state index in [1.165, 1.54) is 19.2 Å². The summed E-state index contributed by atoms with van der Waals surface area (Å²) in [6, 6.07) is 6.59. The zero-order valence-electron chi connectivity index (χ0n) is 10.7. The Balaban J connectivity index is 1.98. The van der Waals surface area contributed by atoms with E-state index in [2.05, 4.69) is 4.90 Å². The van der Waals surface area contributed by atoms with Crippen LogP contribution < -0.4 is 0 Å². The van der Waals surface area contributed by atoms with Crippen molar-refractivity contribution >= 4 is 5.97 Å². The van der Waals surface area contributed by atoms with Crippen LogP contribution in [0.3, 0.4) is 0 Å². The molecule has 0 N–H and O–H groups in total. The summed E-state index contributed by atoms with van der Waals surface area (Å²) in [6.45, 7) is 4.25. The molecular weight excluding hydrogens is 233 g/mol. The van der Waals surface area contributed by atoms with Crippen LogP contribution in [-0.2, 0) is 16.1 Å². The first-order valence-corrected chi connectivity index (χ1v) is 6.14. The molecule has 1 aromatic carbocycles. The third-order valence-electron chi connectivity index (χ3n) is 3.49. The molecule has 3 nitrogen and oxygen atoms in total. The Morgan fingerprint density at radius 1 is 1.50 bits per heavy atom. The number of ether oxygens (including phenoxy) is 1. The summed E-state index contributed by atoms with van der Waals surface area (Å²) in [5, 5.41) is 0. The van der Waals surface area contributed by atoms with Crippen LogP contribution in [0.5, 0.6) is 0 Å². The van der Waals surface area contributed by atoms with Gasteiger partial charge in [-0.15, -0.1) is 0 Å². The monoisotopic (exact) mass is 251 g/mol. The number of rotatable bonds is 3. The van der Waals surface area contributed by atoms with Crippen LogP contribution in [0, 0.1) is 17.7 Å². The Morgan fingerprint density at radius 3 is 2.94 bits per heavy atom. The maximum absolute atomic E-state index is 13.1. The van der Waals surface area contributed by atoms with Gasteiger partial charge in [-0.3, -0.25) is 9.69 Å². The van der Waals surface area contributed by atoms with Gasteiger partial charge in [0, 0.05) is 19.6 Å². The van der Waals surface area contributed by atoms with Crippen molar-refractivity contribution in [3.63, 3.8) is 0 Å². The van der Waals surface area contributed by atoms with Crippen LogP contribution in [0.15, 0.2) is 24.3 Å². The molecule has 1 heterocycles. The van der Waals surface area contributed by atoms with E-state index in [0.29, 0.717) is 13.1 Å². The standard InChI is InChI=1S/C14H18FNO2/c1-10-7-16(9-13(10)14(17)18-2)8-11-4-3-5-12(15)6-11/h3-6,10,13H,7-9H2,1-2H3. The molecule has 0 spiro atoms. The Bertz CT molecular complexity index is 436. The molecule has 2 rings (SSSR count). The van der Waals surface area contributed by atoms with E-state index in [4.69, 9.17) is 4.74 Å². The Hall–Kier alpha value is -1.42. The molecule has 2 unspecified atom stereocenters. The van der Waals surface area contributed by atoms with Gasteiger partial charge in [0.2, 0.25) is 0 Å². The molecule has 1 fully saturated rings. The molecule has 1 aliphatic rings. The number of halogens is 1. The van der Waals surface area contributed by atoms with Gasteiger partial charge in [-0.25, -0.2) is 4.39 Å². The summed E-state index contributed by atoms with van der Waals surface area (Å²) in [7, 11) is 1.42. The van der Waals surface area contributed by atoms with Crippen molar-refractivity contribution in [1.82, 2.24) is 4.90 Å². The number of methoxy groups -OCH3 is 1. The summed E-state index contributed by atoms with van der Waals surface area (Å²) in [5.74, 6) is -0.150. The zero-order valence-corrected chi connectivity index (χ0v) is 10.7. The number of carbonyl (C=O) groups excluding carboxylic acids is 1. The van der Waals surface area contributed by atoms with E-state index < -0.39 is 0 Å². The van der Waals surface area contributed by atoms with Crippen LogP contribution in [-0.4, -0.2) is 31.1 Å². The summed E-state index contributed by atoms with van der Waals surface area (Å²) >= 11 is 0. The van der Waals surface area contributed by atoms with Crippen molar-refractivity contribution in [2.75, 3.05) is 20.2 Å². The van der Waals surface area contributed by atoms with Gasteiger partial charge in [0.15, 0.2) is 0 Å². The average molecular weight is 251 g/mol. The molecule has 1 aromatic rings. The first kappa shape index (κ1) is 13.0. The smallest absolute Gasteiger partial charge is 0.310 e. The highest BCUT2D eigenvalue weighted by atomic mass is 19.1. The Kier molecular flexibility index (Phi) is 3.97. The van der Waals surface area contributed by atoms with Crippen molar-refractivity contribution in [1.29, 1.82) is 0 Å². The molecule has 0 radical (unpaired) electrons. The number of hydrogen-bond acceptors (Lipinski definition) is 3. The fourth-order valence-corrected chi connectivity index (χ4v) is 2.55. The fraction of sp³-hybridized carbons (Fsp3) is 0.500. The largest absolute Gasteiger partial charge is 0.469 e. The minimum atomic E-state index is -0.218. The summed E-state index contributed by atoms with van der Waals surface area (Å²) in [5.41, 5.74) is 0.938. The van der Waals surface area contributed by atoms with Gasteiger partial charge in [-0.2, -0.15) is 0 Å². The van der Waals surface area contributed by atoms with Crippen LogP contribution in [0.25, 0.3) is 0 Å². The van der Waals surface area contributed by atoms with Crippen LogP contribution in [0.1, 0.15) is 12.5 Å². The lowest BCUT2D eigenvalue weighted by Gasteiger charge is -2.15. The molecule has 18 heavy (non-hydrogen) atoms. The maximum atomic E-state index is 13.1. The number of hydrogen-bond donors (Lipinski definition) is 0. The highest BCUT2D eigenvalue weighted by Gasteiger charge is 2.35. The highest BCUT2D eigenvalue weighted by Crippen LogP contribution is 2.25. The van der Waals surface area contributed by atoms with Crippen LogP contribution in [0.4, 0.5) is 4.39 Å². The molecule has 98 valence electrons. The lowest BCUT2D eigenvalue weighted by molar-refractivity contribution is -0.146. The van der Waals surface area contributed by atoms with Gasteiger partial charge in [-0.1, -0.05) is 19.1 Å². The lowest BCUT2D eigenvalue weighted by Crippen LogP contribution is -2.24. The molecule has 0 saturated carbocycles. The summed E-state index contributed by atoms with van der Waals surface area (Å²) < 4.78 is 17.9. The second-order valence-corrected chi connectivity index (χ2v) is 4.93. The highest BCUT2D eigenvalue weighted by molar-refractivity contribution is 5.73. The van der Waals surface area contributed by atoms with Crippen molar-refractivity contribution in [2.24, 2.45) is 11.8 Å². The van der Waals surface area contributed by atoms with Gasteiger partial charge in [0.1, 0.15) is 5.82 Å². The van der Waals surface area contributed by atoms with Gasteiger partial charge in [-0.05, 0) is 23.6 Å². The van der Waals surface area contributed by atoms with Gasteiger partial charge >= 0.3 is 5.97 Å². The first-order valence-electron chi connectivity index (χ1n) is 6.14. The third-order valence-corrected chi connectivity index (χ3v) is 3.49. The normalized spacial score (nSPS) is 24.2. The van der Waals surface area contributed by atoms with E-state index in [9.17, 15) is 9.18 Å². The van der Waals surface area contributed by atoms with E-state index >= 15 is 0 Å². The molecule has 0 amide bonds. The molecular formula is C14H18FNO2. The van der Waals surface area contributed by atoms with E-state index in [1.807, 2.05) is 13.0 Å². The number of nitrogens with zero attached hydrogens (tertiary/aromatic N) is 1. The molecule has 2 atom stereocenters. The van der Waals surface area contributed by atoms with Crippen molar-refractivity contribution in [2.45, 2.75) is 13.5 Å². The van der Waals surface area contributed by atoms with E-state index in [-0.39, 0.29) is 23.6 Å². The molecule has 1 saturated heterocycles. The minimum absolute atomic E-state index is 0.0661. The van der Waals surface area contributed by atoms with Crippen molar-refractivity contribution < 1.29 is 13.9 Å². The molecule has 4 heteroatoms. The maximum Gasteiger partial charge on any atom is 0.310 e. The van der Waals surface area contributed by atoms with Gasteiger partial charge in [0.05, 0.1) is 13.0 Å². The molecule has 0 aromatic heterocycles. The minimum Gasteiger partial charge on any atom is -0.469 e. The lowest BCUT2D eigenvalue weighted by atomic mass is 9.99. The Morgan fingerprint density at radius 2 is 2.28 bits per heavy atom. The van der Waals surface area contributed by atoms with Gasteiger partial charge in [0.25, 0.3) is 0 Å².